The van der Waals surface area contributed by atoms with Crippen molar-refractivity contribution in [3.05, 3.63) is 25.3 Å². The van der Waals surface area contributed by atoms with E-state index in [2.05, 4.69) is 23.0 Å². The summed E-state index contributed by atoms with van der Waals surface area (Å²) in [6, 6.07) is 0. The smallest absolute Gasteiger partial charge is 0.227 e. The van der Waals surface area contributed by atoms with E-state index in [0.717, 1.165) is 78.0 Å². The first kappa shape index (κ1) is 22.0. The lowest BCUT2D eigenvalue weighted by Gasteiger charge is -2.41. The van der Waals surface area contributed by atoms with Crippen molar-refractivity contribution in [3.8, 4) is 0 Å². The van der Waals surface area contributed by atoms with E-state index in [1.807, 2.05) is 17.1 Å². The fourth-order valence-electron chi connectivity index (χ4n) is 5.19. The number of hydrogen-bond donors (Lipinski definition) is 0. The number of likely N-dealkylation sites (tertiary alicyclic amines) is 2. The number of hydrogen-bond acceptors (Lipinski definition) is 4. The van der Waals surface area contributed by atoms with Crippen LogP contribution in [-0.2, 0) is 14.3 Å². The monoisotopic (exact) mass is 403 g/mol. The molecule has 0 aromatic carbocycles. The number of ether oxygens (including phenoxy) is 1. The summed E-state index contributed by atoms with van der Waals surface area (Å²) < 4.78 is 5.39. The summed E-state index contributed by atoms with van der Waals surface area (Å²) in [4.78, 5) is 32.3. The average molecular weight is 404 g/mol. The van der Waals surface area contributed by atoms with Crippen LogP contribution in [0.25, 0.3) is 0 Å². The predicted molar refractivity (Wildman–Crippen MR) is 114 cm³/mol. The second-order valence-corrected chi connectivity index (χ2v) is 8.69. The molecule has 3 rings (SSSR count). The number of piperidine rings is 1. The Balaban J connectivity index is 1.56. The fraction of sp³-hybridized carbons (Fsp3) is 0.739. The molecule has 3 heterocycles. The van der Waals surface area contributed by atoms with Crippen molar-refractivity contribution < 1.29 is 14.3 Å². The lowest BCUT2D eigenvalue weighted by atomic mass is 9.86. The van der Waals surface area contributed by atoms with Crippen molar-refractivity contribution in [1.82, 2.24) is 14.7 Å². The quantitative estimate of drug-likeness (QED) is 0.555. The molecule has 0 saturated carbocycles. The van der Waals surface area contributed by atoms with Gasteiger partial charge in [-0.2, -0.15) is 0 Å². The third-order valence-corrected chi connectivity index (χ3v) is 6.77. The maximum absolute atomic E-state index is 13.4. The molecule has 0 aliphatic carbocycles. The second kappa shape index (κ2) is 10.4. The summed E-state index contributed by atoms with van der Waals surface area (Å²) in [5.41, 5.74) is -0.163. The molecule has 0 aromatic rings. The Hall–Kier alpha value is -1.66. The van der Waals surface area contributed by atoms with E-state index in [4.69, 9.17) is 4.74 Å². The minimum Gasteiger partial charge on any atom is -0.379 e. The van der Waals surface area contributed by atoms with Crippen molar-refractivity contribution in [2.75, 3.05) is 52.5 Å². The van der Waals surface area contributed by atoms with Crippen LogP contribution in [0.15, 0.2) is 25.3 Å². The Labute approximate surface area is 175 Å². The number of amides is 2. The van der Waals surface area contributed by atoms with Crippen LogP contribution in [-0.4, -0.2) is 84.5 Å². The van der Waals surface area contributed by atoms with Crippen LogP contribution in [0.5, 0.6) is 0 Å². The Morgan fingerprint density at radius 1 is 1.14 bits per heavy atom. The molecule has 3 aliphatic rings. The van der Waals surface area contributed by atoms with Gasteiger partial charge in [0, 0.05) is 51.2 Å². The van der Waals surface area contributed by atoms with Crippen molar-refractivity contribution >= 4 is 11.8 Å². The molecule has 3 aliphatic heterocycles. The average Bonchev–Trinajstić information content (AvgIpc) is 3.13. The molecule has 1 atom stereocenters. The number of rotatable bonds is 9. The molecule has 0 N–H and O–H groups in total. The van der Waals surface area contributed by atoms with E-state index in [-0.39, 0.29) is 23.3 Å². The third kappa shape index (κ3) is 5.28. The zero-order valence-electron chi connectivity index (χ0n) is 17.8. The van der Waals surface area contributed by atoms with Crippen molar-refractivity contribution in [1.29, 1.82) is 0 Å². The predicted octanol–water partition coefficient (Wildman–Crippen LogP) is 2.46. The van der Waals surface area contributed by atoms with Crippen LogP contribution in [0.2, 0.25) is 0 Å². The van der Waals surface area contributed by atoms with Crippen LogP contribution >= 0.6 is 0 Å². The Morgan fingerprint density at radius 3 is 2.55 bits per heavy atom. The molecule has 6 heteroatoms. The van der Waals surface area contributed by atoms with Gasteiger partial charge in [0.15, 0.2) is 0 Å². The van der Waals surface area contributed by atoms with E-state index in [9.17, 15) is 9.59 Å². The van der Waals surface area contributed by atoms with Crippen LogP contribution in [0, 0.1) is 5.92 Å². The largest absolute Gasteiger partial charge is 0.379 e. The third-order valence-electron chi connectivity index (χ3n) is 6.77. The molecule has 0 spiro atoms. The number of nitrogens with zero attached hydrogens (tertiary/aromatic N) is 3. The molecule has 29 heavy (non-hydrogen) atoms. The molecular weight excluding hydrogens is 366 g/mol. The van der Waals surface area contributed by atoms with E-state index in [1.54, 1.807) is 0 Å². The molecule has 3 fully saturated rings. The molecule has 2 amide bonds. The first-order valence-electron chi connectivity index (χ1n) is 11.2. The minimum absolute atomic E-state index is 0.0804. The van der Waals surface area contributed by atoms with E-state index in [0.29, 0.717) is 19.4 Å². The lowest BCUT2D eigenvalue weighted by Crippen LogP contribution is -2.53. The normalized spacial score (nSPS) is 25.2. The standard InChI is InChI=1S/C23H37N3O3/c1-3-9-23(10-4-2)11-5-14-26(23)22(28)20-7-8-21(27)25(19-20)13-6-12-24-15-17-29-18-16-24/h3-4,20H,1-2,5-19H2/t20-/m0/s1. The van der Waals surface area contributed by atoms with Gasteiger partial charge in [0.2, 0.25) is 11.8 Å². The molecule has 0 unspecified atom stereocenters. The second-order valence-electron chi connectivity index (χ2n) is 8.69. The Morgan fingerprint density at radius 2 is 1.86 bits per heavy atom. The van der Waals surface area contributed by atoms with E-state index < -0.39 is 0 Å². The molecule has 0 aromatic heterocycles. The maximum atomic E-state index is 13.4. The molecule has 0 bridgehead atoms. The van der Waals surface area contributed by atoms with Gasteiger partial charge in [-0.15, -0.1) is 13.2 Å². The molecular formula is C23H37N3O3. The molecule has 6 nitrogen and oxygen atoms in total. The molecule has 0 radical (unpaired) electrons. The van der Waals surface area contributed by atoms with E-state index >= 15 is 0 Å². The summed E-state index contributed by atoms with van der Waals surface area (Å²) in [5, 5.41) is 0. The molecule has 3 saturated heterocycles. The first-order valence-corrected chi connectivity index (χ1v) is 11.2. The van der Waals surface area contributed by atoms with Crippen molar-refractivity contribution in [3.63, 3.8) is 0 Å². The van der Waals surface area contributed by atoms with Gasteiger partial charge in [-0.1, -0.05) is 12.2 Å². The highest BCUT2D eigenvalue weighted by atomic mass is 16.5. The van der Waals surface area contributed by atoms with Gasteiger partial charge in [0.1, 0.15) is 0 Å². The van der Waals surface area contributed by atoms with Crippen LogP contribution in [0.1, 0.15) is 44.9 Å². The van der Waals surface area contributed by atoms with Crippen LogP contribution in [0.4, 0.5) is 0 Å². The summed E-state index contributed by atoms with van der Waals surface area (Å²) in [5.74, 6) is 0.334. The van der Waals surface area contributed by atoms with Crippen molar-refractivity contribution in [2.24, 2.45) is 5.92 Å². The molecule has 162 valence electrons. The fourth-order valence-corrected chi connectivity index (χ4v) is 5.19. The van der Waals surface area contributed by atoms with Crippen molar-refractivity contribution in [2.45, 2.75) is 50.5 Å². The lowest BCUT2D eigenvalue weighted by molar-refractivity contribution is -0.145. The SMILES string of the molecule is C=CCC1(CC=C)CCCN1C(=O)[C@H]1CCC(=O)N(CCCN2CCOCC2)C1. The topological polar surface area (TPSA) is 53.1 Å². The Bertz CT molecular complexity index is 590. The highest BCUT2D eigenvalue weighted by Crippen LogP contribution is 2.38. The van der Waals surface area contributed by atoms with Crippen LogP contribution < -0.4 is 0 Å². The van der Waals surface area contributed by atoms with Gasteiger partial charge in [-0.25, -0.2) is 0 Å². The van der Waals surface area contributed by atoms with Gasteiger partial charge in [0.25, 0.3) is 0 Å². The minimum atomic E-state index is -0.163. The summed E-state index contributed by atoms with van der Waals surface area (Å²) in [6.45, 7) is 14.5. The highest BCUT2D eigenvalue weighted by Gasteiger charge is 2.44. The van der Waals surface area contributed by atoms with Gasteiger partial charge >= 0.3 is 0 Å². The van der Waals surface area contributed by atoms with Gasteiger partial charge < -0.3 is 14.5 Å². The van der Waals surface area contributed by atoms with Gasteiger partial charge in [-0.3, -0.25) is 14.5 Å². The summed E-state index contributed by atoms with van der Waals surface area (Å²) in [6.07, 6.45) is 9.61. The van der Waals surface area contributed by atoms with Gasteiger partial charge in [-0.05, 0) is 38.5 Å². The van der Waals surface area contributed by atoms with Crippen LogP contribution in [0.3, 0.4) is 0 Å². The summed E-state index contributed by atoms with van der Waals surface area (Å²) in [7, 11) is 0. The van der Waals surface area contributed by atoms with E-state index in [1.165, 1.54) is 0 Å². The maximum Gasteiger partial charge on any atom is 0.227 e. The zero-order valence-corrected chi connectivity index (χ0v) is 17.8. The van der Waals surface area contributed by atoms with Gasteiger partial charge in [0.05, 0.1) is 19.1 Å². The number of morpholine rings is 1. The zero-order chi connectivity index (χ0) is 20.7. The number of carbonyl (C=O) groups excluding carboxylic acids is 2. The first-order chi connectivity index (χ1) is 14.1. The summed E-state index contributed by atoms with van der Waals surface area (Å²) >= 11 is 0. The number of carbonyl (C=O) groups is 2. The Kier molecular flexibility index (Phi) is 7.90. The highest BCUT2D eigenvalue weighted by molar-refractivity contribution is 5.84.